The lowest BCUT2D eigenvalue weighted by molar-refractivity contribution is 1.71. The molecule has 50 valence electrons. The molecule has 0 aliphatic carbocycles. The Labute approximate surface area is 66.9 Å². The van der Waals surface area contributed by atoms with Crippen LogP contribution in [-0.2, 0) is 0 Å². The molecule has 0 heterocycles. The summed E-state index contributed by atoms with van der Waals surface area (Å²) in [5, 5.41) is 0.773. The Morgan fingerprint density at radius 1 is 1.40 bits per heavy atom. The van der Waals surface area contributed by atoms with E-state index in [4.69, 9.17) is 11.6 Å². The lowest BCUT2D eigenvalue weighted by Gasteiger charge is -1.96. The lowest BCUT2D eigenvalue weighted by atomic mass is 9.94. The lowest BCUT2D eigenvalue weighted by Crippen LogP contribution is -2.00. The molecule has 1 aromatic carbocycles. The van der Waals surface area contributed by atoms with Gasteiger partial charge in [0.15, 0.2) is 0 Å². The Morgan fingerprint density at radius 2 is 2.10 bits per heavy atom. The largest absolute Gasteiger partial charge is 0.139 e. The molecule has 0 spiro atoms. The Bertz CT molecular complexity index is 235. The highest BCUT2D eigenvalue weighted by atomic mass is 35.5. The van der Waals surface area contributed by atoms with Gasteiger partial charge in [-0.15, -0.1) is 0 Å². The molecule has 0 radical (unpaired) electrons. The van der Waals surface area contributed by atoms with Crippen molar-refractivity contribution < 1.29 is 0 Å². The summed E-state index contributed by atoms with van der Waals surface area (Å²) < 4.78 is 0. The first-order valence-electron chi connectivity index (χ1n) is 3.12. The fourth-order valence-corrected chi connectivity index (χ4v) is 1.18. The fraction of sp³-hybridized carbons (Fsp3) is 0. The third kappa shape index (κ3) is 1.65. The Morgan fingerprint density at radius 3 is 2.60 bits per heavy atom. The van der Waals surface area contributed by atoms with Crippen molar-refractivity contribution in [1.82, 2.24) is 0 Å². The summed E-state index contributed by atoms with van der Waals surface area (Å²) in [7, 11) is 2.01. The third-order valence-corrected chi connectivity index (χ3v) is 1.52. The first kappa shape index (κ1) is 7.42. The Kier molecular flexibility index (Phi) is 2.18. The van der Waals surface area contributed by atoms with Crippen molar-refractivity contribution in [1.29, 1.82) is 0 Å². The van der Waals surface area contributed by atoms with Crippen molar-refractivity contribution in [3.8, 4) is 0 Å². The van der Waals surface area contributed by atoms with Gasteiger partial charge in [-0.25, -0.2) is 0 Å². The zero-order chi connectivity index (χ0) is 7.56. The molecule has 0 aromatic heterocycles. The van der Waals surface area contributed by atoms with Crippen LogP contribution in [0, 0.1) is 0 Å². The molecule has 10 heavy (non-hydrogen) atoms. The van der Waals surface area contributed by atoms with E-state index in [2.05, 4.69) is 6.58 Å². The average molecular weight is 150 g/mol. The molecular weight excluding hydrogens is 142 g/mol. The monoisotopic (exact) mass is 150 g/mol. The first-order valence-corrected chi connectivity index (χ1v) is 3.50. The summed E-state index contributed by atoms with van der Waals surface area (Å²) in [5.74, 6) is 0. The second-order valence-corrected chi connectivity index (χ2v) is 2.70. The van der Waals surface area contributed by atoms with Crippen LogP contribution < -0.4 is 5.46 Å². The molecule has 0 saturated heterocycles. The maximum Gasteiger partial charge on any atom is 0.139 e. The van der Waals surface area contributed by atoms with E-state index in [9.17, 15) is 0 Å². The van der Waals surface area contributed by atoms with Crippen molar-refractivity contribution in [3.05, 3.63) is 35.4 Å². The van der Waals surface area contributed by atoms with E-state index in [1.54, 1.807) is 6.08 Å². The van der Waals surface area contributed by atoms with Gasteiger partial charge in [-0.2, -0.15) is 0 Å². The van der Waals surface area contributed by atoms with Crippen LogP contribution in [0.3, 0.4) is 0 Å². The second kappa shape index (κ2) is 2.93. The number of benzene rings is 1. The Balaban J connectivity index is 3.18. The molecule has 0 saturated carbocycles. The van der Waals surface area contributed by atoms with Crippen LogP contribution in [-0.4, -0.2) is 7.85 Å². The minimum atomic E-state index is 0.773. The molecule has 0 aliphatic rings. The van der Waals surface area contributed by atoms with Crippen molar-refractivity contribution in [2.45, 2.75) is 0 Å². The van der Waals surface area contributed by atoms with Crippen LogP contribution in [0.2, 0.25) is 5.02 Å². The van der Waals surface area contributed by atoms with Gasteiger partial charge in [-0.1, -0.05) is 35.8 Å². The molecule has 1 aromatic rings. The molecule has 0 aliphatic heterocycles. The van der Waals surface area contributed by atoms with Crippen LogP contribution in [0.1, 0.15) is 5.56 Å². The van der Waals surface area contributed by atoms with Gasteiger partial charge in [0.2, 0.25) is 0 Å². The molecule has 0 nitrogen and oxygen atoms in total. The highest BCUT2D eigenvalue weighted by Gasteiger charge is 1.90. The number of hydrogen-bond donors (Lipinski definition) is 0. The SMILES string of the molecule is Bc1cc(Cl)cc(C=C)c1. The van der Waals surface area contributed by atoms with Crippen molar-refractivity contribution in [3.63, 3.8) is 0 Å². The van der Waals surface area contributed by atoms with Crippen LogP contribution in [0.4, 0.5) is 0 Å². The van der Waals surface area contributed by atoms with E-state index in [1.165, 1.54) is 5.46 Å². The van der Waals surface area contributed by atoms with E-state index in [0.717, 1.165) is 10.6 Å². The topological polar surface area (TPSA) is 0 Å². The maximum atomic E-state index is 5.78. The van der Waals surface area contributed by atoms with E-state index >= 15 is 0 Å². The summed E-state index contributed by atoms with van der Waals surface area (Å²) in [5.41, 5.74) is 2.24. The second-order valence-electron chi connectivity index (χ2n) is 2.27. The quantitative estimate of drug-likeness (QED) is 0.529. The molecule has 0 unspecified atom stereocenters. The molecule has 0 atom stereocenters. The predicted molar refractivity (Wildman–Crippen MR) is 49.7 cm³/mol. The van der Waals surface area contributed by atoms with Crippen molar-refractivity contribution in [2.75, 3.05) is 0 Å². The maximum absolute atomic E-state index is 5.78. The fourth-order valence-electron chi connectivity index (χ4n) is 0.882. The molecule has 0 fully saturated rings. The van der Waals surface area contributed by atoms with Gasteiger partial charge in [-0.3, -0.25) is 0 Å². The summed E-state index contributed by atoms with van der Waals surface area (Å²) in [6, 6.07) is 5.86. The molecule has 1 rings (SSSR count). The molecule has 2 heteroatoms. The number of hydrogen-bond acceptors (Lipinski definition) is 0. The minimum absolute atomic E-state index is 0.773. The third-order valence-electron chi connectivity index (χ3n) is 1.30. The van der Waals surface area contributed by atoms with Crippen LogP contribution in [0.25, 0.3) is 6.08 Å². The smallest absolute Gasteiger partial charge is 0.0985 e. The van der Waals surface area contributed by atoms with Crippen LogP contribution in [0.5, 0.6) is 0 Å². The zero-order valence-corrected chi connectivity index (χ0v) is 6.65. The Hall–Kier alpha value is -0.685. The van der Waals surface area contributed by atoms with Crippen LogP contribution >= 0.6 is 11.6 Å². The number of halogens is 1. The predicted octanol–water partition coefficient (Wildman–Crippen LogP) is 1.24. The van der Waals surface area contributed by atoms with Gasteiger partial charge in [0.05, 0.1) is 0 Å². The van der Waals surface area contributed by atoms with Gasteiger partial charge < -0.3 is 0 Å². The molecule has 0 bridgehead atoms. The standard InChI is InChI=1S/C8H8BCl/c1-2-6-3-7(9)5-8(10)4-6/h2-5H,1,9H2. The van der Waals surface area contributed by atoms with Crippen LogP contribution in [0.15, 0.2) is 24.8 Å². The van der Waals surface area contributed by atoms with E-state index < -0.39 is 0 Å². The van der Waals surface area contributed by atoms with E-state index in [-0.39, 0.29) is 0 Å². The zero-order valence-electron chi connectivity index (χ0n) is 5.89. The average Bonchev–Trinajstić information content (AvgIpc) is 1.85. The summed E-state index contributed by atoms with van der Waals surface area (Å²) in [4.78, 5) is 0. The van der Waals surface area contributed by atoms with Gasteiger partial charge in [-0.05, 0) is 17.7 Å². The van der Waals surface area contributed by atoms with E-state index in [1.807, 2.05) is 26.0 Å². The molecule has 0 amide bonds. The molecule has 0 N–H and O–H groups in total. The highest BCUT2D eigenvalue weighted by molar-refractivity contribution is 6.36. The summed E-state index contributed by atoms with van der Waals surface area (Å²) in [6.07, 6.45) is 1.79. The van der Waals surface area contributed by atoms with Crippen molar-refractivity contribution in [2.24, 2.45) is 0 Å². The van der Waals surface area contributed by atoms with Crippen molar-refractivity contribution >= 4 is 31.0 Å². The van der Waals surface area contributed by atoms with Gasteiger partial charge in [0.1, 0.15) is 7.85 Å². The van der Waals surface area contributed by atoms with Gasteiger partial charge in [0.25, 0.3) is 0 Å². The van der Waals surface area contributed by atoms with E-state index in [0.29, 0.717) is 0 Å². The normalized spacial score (nSPS) is 9.30. The first-order chi connectivity index (χ1) is 4.72. The molecular formula is C8H8BCl. The summed E-state index contributed by atoms with van der Waals surface area (Å²) in [6.45, 7) is 3.65. The van der Waals surface area contributed by atoms with Gasteiger partial charge in [0, 0.05) is 5.02 Å². The summed E-state index contributed by atoms with van der Waals surface area (Å²) >= 11 is 5.78. The minimum Gasteiger partial charge on any atom is -0.0985 e. The highest BCUT2D eigenvalue weighted by Crippen LogP contribution is 2.09. The van der Waals surface area contributed by atoms with Gasteiger partial charge >= 0.3 is 0 Å². The number of rotatable bonds is 1.